The molecule has 4 atom stereocenters. The summed E-state index contributed by atoms with van der Waals surface area (Å²) in [6.07, 6.45) is 4.32. The second kappa shape index (κ2) is 10.2. The van der Waals surface area contributed by atoms with Crippen LogP contribution >= 0.6 is 0 Å². The fourth-order valence-corrected chi connectivity index (χ4v) is 5.54. The highest BCUT2D eigenvalue weighted by Gasteiger charge is 2.34. The molecule has 0 aromatic heterocycles. The number of ether oxygens (including phenoxy) is 1. The minimum absolute atomic E-state index is 0.0204. The summed E-state index contributed by atoms with van der Waals surface area (Å²) in [5, 5.41) is 12.5. The molecule has 5 heteroatoms. The molecule has 1 aliphatic carbocycles. The zero-order valence-corrected chi connectivity index (χ0v) is 20.9. The van der Waals surface area contributed by atoms with Crippen molar-refractivity contribution < 1.29 is 9.53 Å². The molecule has 5 nitrogen and oxygen atoms in total. The van der Waals surface area contributed by atoms with E-state index in [0.717, 1.165) is 29.0 Å². The summed E-state index contributed by atoms with van der Waals surface area (Å²) in [6, 6.07) is 23.0. The van der Waals surface area contributed by atoms with Gasteiger partial charge in [0.2, 0.25) is 0 Å². The van der Waals surface area contributed by atoms with Crippen molar-refractivity contribution in [2.45, 2.75) is 51.6 Å². The number of hydrogen-bond donors (Lipinski definition) is 1. The van der Waals surface area contributed by atoms with E-state index in [4.69, 9.17) is 9.84 Å². The van der Waals surface area contributed by atoms with Gasteiger partial charge in [-0.05, 0) is 58.4 Å². The van der Waals surface area contributed by atoms with E-state index >= 15 is 0 Å². The quantitative estimate of drug-likeness (QED) is 0.486. The van der Waals surface area contributed by atoms with Gasteiger partial charge < -0.3 is 10.1 Å². The Morgan fingerprint density at radius 1 is 1.03 bits per heavy atom. The van der Waals surface area contributed by atoms with Crippen LogP contribution in [0.3, 0.4) is 0 Å². The topological polar surface area (TPSA) is 53.9 Å². The van der Waals surface area contributed by atoms with Crippen LogP contribution in [0.1, 0.15) is 56.7 Å². The fraction of sp³-hybridized carbons (Fsp3) is 0.400. The monoisotopic (exact) mass is 469 g/mol. The Morgan fingerprint density at radius 2 is 1.80 bits per heavy atom. The lowest BCUT2D eigenvalue weighted by molar-refractivity contribution is -0.132. The summed E-state index contributed by atoms with van der Waals surface area (Å²) in [4.78, 5) is 13.5. The molecule has 3 aromatic rings. The molecule has 1 aliphatic heterocycles. The van der Waals surface area contributed by atoms with Crippen LogP contribution in [0.2, 0.25) is 0 Å². The first-order valence-electron chi connectivity index (χ1n) is 12.8. The normalized spacial score (nSPS) is 24.4. The lowest BCUT2D eigenvalue weighted by Crippen LogP contribution is -2.45. The van der Waals surface area contributed by atoms with E-state index in [1.54, 1.807) is 12.1 Å². The molecule has 3 aromatic carbocycles. The number of methoxy groups -OCH3 is 1. The first kappa shape index (κ1) is 23.6. The minimum atomic E-state index is -0.126. The molecule has 0 saturated heterocycles. The van der Waals surface area contributed by atoms with E-state index in [2.05, 4.69) is 61.6 Å². The summed E-state index contributed by atoms with van der Waals surface area (Å²) in [7, 11) is 1.67. The van der Waals surface area contributed by atoms with E-state index in [-0.39, 0.29) is 11.9 Å². The average Bonchev–Trinajstić information content (AvgIpc) is 3.35. The van der Waals surface area contributed by atoms with E-state index in [1.807, 2.05) is 24.3 Å². The summed E-state index contributed by atoms with van der Waals surface area (Å²) in [5.41, 5.74) is 3.09. The number of hydrogen-bond acceptors (Lipinski definition) is 4. The Labute approximate surface area is 208 Å². The van der Waals surface area contributed by atoms with Crippen molar-refractivity contribution >= 4 is 22.4 Å². The highest BCUT2D eigenvalue weighted by molar-refractivity contribution is 6.05. The largest absolute Gasteiger partial charge is 0.497 e. The van der Waals surface area contributed by atoms with Crippen molar-refractivity contribution in [3.8, 4) is 5.75 Å². The van der Waals surface area contributed by atoms with Gasteiger partial charge in [0.15, 0.2) is 0 Å². The first-order chi connectivity index (χ1) is 17.0. The van der Waals surface area contributed by atoms with Crippen LogP contribution in [0.25, 0.3) is 10.8 Å². The number of fused-ring (bicyclic) bond motifs is 1. The molecular weight excluding hydrogens is 434 g/mol. The van der Waals surface area contributed by atoms with Gasteiger partial charge in [-0.15, -0.1) is 0 Å². The zero-order chi connectivity index (χ0) is 24.4. The molecule has 1 amide bonds. The Morgan fingerprint density at radius 3 is 2.57 bits per heavy atom. The van der Waals surface area contributed by atoms with Gasteiger partial charge in [0.25, 0.3) is 5.91 Å². The Hall–Kier alpha value is -3.18. The Bertz CT molecular complexity index is 1220. The SMILES string of the molecule is COc1ccc([C@H]2CC(c3ccc4ccccc4c3)=NN2C(=O)CN[C@@H]2CCC[C@@H](C)[C@@H]2C)cc1. The van der Waals surface area contributed by atoms with E-state index in [9.17, 15) is 4.79 Å². The predicted octanol–water partition coefficient (Wildman–Crippen LogP) is 5.94. The molecule has 182 valence electrons. The van der Waals surface area contributed by atoms with E-state index in [1.165, 1.54) is 23.6 Å². The van der Waals surface area contributed by atoms with Crippen LogP contribution in [0.4, 0.5) is 0 Å². The molecule has 1 fully saturated rings. The van der Waals surface area contributed by atoms with Crippen LogP contribution < -0.4 is 10.1 Å². The molecule has 1 N–H and O–H groups in total. The second-order valence-corrected chi connectivity index (χ2v) is 10.1. The lowest BCUT2D eigenvalue weighted by atomic mass is 9.78. The number of nitrogens with one attached hydrogen (secondary N) is 1. The summed E-state index contributed by atoms with van der Waals surface area (Å²) >= 11 is 0. The number of rotatable bonds is 6. The number of nitrogens with zero attached hydrogens (tertiary/aromatic N) is 2. The third-order valence-electron chi connectivity index (χ3n) is 7.97. The molecule has 0 radical (unpaired) electrons. The molecule has 0 unspecified atom stereocenters. The number of amides is 1. The number of benzene rings is 3. The van der Waals surface area contributed by atoms with Gasteiger partial charge in [0, 0.05) is 12.5 Å². The summed E-state index contributed by atoms with van der Waals surface area (Å²) < 4.78 is 5.34. The first-order valence-corrected chi connectivity index (χ1v) is 12.8. The van der Waals surface area contributed by atoms with Crippen molar-refractivity contribution in [2.24, 2.45) is 16.9 Å². The van der Waals surface area contributed by atoms with Gasteiger partial charge in [0.05, 0.1) is 25.4 Å². The second-order valence-electron chi connectivity index (χ2n) is 10.1. The number of hydrazone groups is 1. The molecule has 0 bridgehead atoms. The third kappa shape index (κ3) is 4.96. The van der Waals surface area contributed by atoms with Crippen LogP contribution in [0.5, 0.6) is 5.75 Å². The van der Waals surface area contributed by atoms with E-state index < -0.39 is 0 Å². The smallest absolute Gasteiger partial charge is 0.257 e. The Balaban J connectivity index is 1.40. The Kier molecular flexibility index (Phi) is 6.87. The third-order valence-corrected chi connectivity index (χ3v) is 7.97. The summed E-state index contributed by atoms with van der Waals surface area (Å²) in [6.45, 7) is 4.93. The molecular formula is C30H35N3O2. The highest BCUT2D eigenvalue weighted by Crippen LogP contribution is 2.34. The van der Waals surface area contributed by atoms with Gasteiger partial charge in [-0.25, -0.2) is 5.01 Å². The van der Waals surface area contributed by atoms with Crippen LogP contribution in [-0.2, 0) is 4.79 Å². The van der Waals surface area contributed by atoms with Crippen LogP contribution in [-0.4, -0.2) is 36.3 Å². The maximum absolute atomic E-state index is 13.5. The average molecular weight is 470 g/mol. The van der Waals surface area contributed by atoms with Crippen molar-refractivity contribution in [3.05, 3.63) is 77.9 Å². The van der Waals surface area contributed by atoms with Gasteiger partial charge >= 0.3 is 0 Å². The molecule has 5 rings (SSSR count). The highest BCUT2D eigenvalue weighted by atomic mass is 16.5. The molecule has 0 spiro atoms. The van der Waals surface area contributed by atoms with Gasteiger partial charge in [-0.3, -0.25) is 4.79 Å². The minimum Gasteiger partial charge on any atom is -0.497 e. The molecule has 2 aliphatic rings. The molecule has 35 heavy (non-hydrogen) atoms. The summed E-state index contributed by atoms with van der Waals surface area (Å²) in [5.74, 6) is 2.09. The number of carbonyl (C=O) groups is 1. The predicted molar refractivity (Wildman–Crippen MR) is 142 cm³/mol. The van der Waals surface area contributed by atoms with Gasteiger partial charge in [-0.2, -0.15) is 5.10 Å². The standard InChI is InChI=1S/C30H35N3O2/c1-20-7-6-10-27(21(20)2)31-19-30(34)33-29(23-13-15-26(35-3)16-14-23)18-28(32-33)25-12-11-22-8-4-5-9-24(22)17-25/h4-5,8-9,11-17,20-21,27,29,31H,6-7,10,18-19H2,1-3H3/t20-,21+,27-,29-/m1/s1. The van der Waals surface area contributed by atoms with Crippen molar-refractivity contribution in [1.29, 1.82) is 0 Å². The van der Waals surface area contributed by atoms with Gasteiger partial charge in [-0.1, -0.05) is 75.2 Å². The molecule has 1 heterocycles. The zero-order valence-electron chi connectivity index (χ0n) is 20.9. The fourth-order valence-electron chi connectivity index (χ4n) is 5.54. The van der Waals surface area contributed by atoms with Gasteiger partial charge in [0.1, 0.15) is 5.75 Å². The maximum atomic E-state index is 13.5. The number of carbonyl (C=O) groups excluding carboxylic acids is 1. The van der Waals surface area contributed by atoms with Crippen molar-refractivity contribution in [1.82, 2.24) is 10.3 Å². The van der Waals surface area contributed by atoms with Crippen molar-refractivity contribution in [2.75, 3.05) is 13.7 Å². The molecule has 1 saturated carbocycles. The lowest BCUT2D eigenvalue weighted by Gasteiger charge is -2.35. The van der Waals surface area contributed by atoms with Crippen LogP contribution in [0.15, 0.2) is 71.8 Å². The van der Waals surface area contributed by atoms with E-state index in [0.29, 0.717) is 30.8 Å². The van der Waals surface area contributed by atoms with Crippen molar-refractivity contribution in [3.63, 3.8) is 0 Å². The maximum Gasteiger partial charge on any atom is 0.257 e. The van der Waals surface area contributed by atoms with Crippen LogP contribution in [0, 0.1) is 11.8 Å².